The number of hydrogen-bond donors (Lipinski definition) is 1. The van der Waals surface area contributed by atoms with Gasteiger partial charge < -0.3 is 15.1 Å². The summed E-state index contributed by atoms with van der Waals surface area (Å²) in [6.07, 6.45) is 0. The summed E-state index contributed by atoms with van der Waals surface area (Å²) in [5.41, 5.74) is 3.54. The van der Waals surface area contributed by atoms with Crippen LogP contribution in [0.5, 0.6) is 0 Å². The van der Waals surface area contributed by atoms with Crippen molar-refractivity contribution < 1.29 is 0 Å². The highest BCUT2D eigenvalue weighted by Crippen LogP contribution is 2.23. The summed E-state index contributed by atoms with van der Waals surface area (Å²) in [7, 11) is 2.16. The van der Waals surface area contributed by atoms with Crippen LogP contribution in [-0.4, -0.2) is 52.7 Å². The minimum atomic E-state index is -0.0828. The standard InChI is InChI=1S/C21H25BrN6O/c1-4-28-19-17(13-18(22)20(28)29)14(2)23-21(25-19)24-15-5-7-16(8-6-15)27-11-9-26(3)10-12-27/h5-8,13H,4,9-12H2,1-3H3,(H,23,24,25). The van der Waals surface area contributed by atoms with Gasteiger partial charge in [0.05, 0.1) is 10.2 Å². The maximum atomic E-state index is 12.4. The van der Waals surface area contributed by atoms with Crippen molar-refractivity contribution in [3.8, 4) is 0 Å². The molecule has 0 aliphatic carbocycles. The average molecular weight is 457 g/mol. The Balaban J connectivity index is 1.61. The molecular weight excluding hydrogens is 432 g/mol. The summed E-state index contributed by atoms with van der Waals surface area (Å²) in [4.78, 5) is 26.4. The van der Waals surface area contributed by atoms with Crippen molar-refractivity contribution in [1.29, 1.82) is 0 Å². The van der Waals surface area contributed by atoms with Crippen LogP contribution in [0.25, 0.3) is 11.0 Å². The Labute approximate surface area is 178 Å². The lowest BCUT2D eigenvalue weighted by atomic mass is 10.2. The summed E-state index contributed by atoms with van der Waals surface area (Å²) in [5.74, 6) is 0.492. The van der Waals surface area contributed by atoms with Crippen molar-refractivity contribution >= 4 is 44.3 Å². The number of nitrogens with one attached hydrogen (secondary N) is 1. The van der Waals surface area contributed by atoms with E-state index in [-0.39, 0.29) is 5.56 Å². The van der Waals surface area contributed by atoms with Gasteiger partial charge in [0.1, 0.15) is 5.65 Å². The first-order valence-corrected chi connectivity index (χ1v) is 10.6. The third kappa shape index (κ3) is 4.00. The lowest BCUT2D eigenvalue weighted by Crippen LogP contribution is -2.44. The van der Waals surface area contributed by atoms with Crippen molar-refractivity contribution in [2.45, 2.75) is 20.4 Å². The van der Waals surface area contributed by atoms with Crippen LogP contribution >= 0.6 is 15.9 Å². The van der Waals surface area contributed by atoms with E-state index < -0.39 is 0 Å². The minimum absolute atomic E-state index is 0.0828. The van der Waals surface area contributed by atoms with E-state index in [1.807, 2.05) is 26.0 Å². The Bertz CT molecular complexity index is 1090. The topological polar surface area (TPSA) is 66.3 Å². The number of aryl methyl sites for hydroxylation is 2. The molecule has 3 heterocycles. The highest BCUT2D eigenvalue weighted by molar-refractivity contribution is 9.10. The quantitative estimate of drug-likeness (QED) is 0.648. The maximum Gasteiger partial charge on any atom is 0.266 e. The number of halogens is 1. The molecule has 4 rings (SSSR count). The fraction of sp³-hybridized carbons (Fsp3) is 0.381. The van der Waals surface area contributed by atoms with Gasteiger partial charge in [0.25, 0.3) is 5.56 Å². The van der Waals surface area contributed by atoms with E-state index in [0.717, 1.165) is 42.9 Å². The lowest BCUT2D eigenvalue weighted by molar-refractivity contribution is 0.313. The van der Waals surface area contributed by atoms with E-state index in [0.29, 0.717) is 22.6 Å². The SMILES string of the molecule is CCn1c(=O)c(Br)cc2c(C)nc(Nc3ccc(N4CCN(C)CC4)cc3)nc21. The molecule has 0 atom stereocenters. The molecule has 1 aromatic carbocycles. The molecule has 29 heavy (non-hydrogen) atoms. The monoisotopic (exact) mass is 456 g/mol. The summed E-state index contributed by atoms with van der Waals surface area (Å²) >= 11 is 3.35. The molecule has 7 nitrogen and oxygen atoms in total. The molecular formula is C21H25BrN6O. The van der Waals surface area contributed by atoms with E-state index in [1.165, 1.54) is 5.69 Å². The van der Waals surface area contributed by atoms with Crippen molar-refractivity contribution in [2.24, 2.45) is 0 Å². The molecule has 152 valence electrons. The van der Waals surface area contributed by atoms with Gasteiger partial charge in [-0.3, -0.25) is 9.36 Å². The Morgan fingerprint density at radius 2 is 1.79 bits per heavy atom. The highest BCUT2D eigenvalue weighted by Gasteiger charge is 2.15. The van der Waals surface area contributed by atoms with Gasteiger partial charge in [-0.15, -0.1) is 0 Å². The van der Waals surface area contributed by atoms with Crippen LogP contribution in [0.3, 0.4) is 0 Å². The Morgan fingerprint density at radius 3 is 2.45 bits per heavy atom. The lowest BCUT2D eigenvalue weighted by Gasteiger charge is -2.34. The van der Waals surface area contributed by atoms with Crippen molar-refractivity contribution in [3.63, 3.8) is 0 Å². The molecule has 0 radical (unpaired) electrons. The van der Waals surface area contributed by atoms with Crippen LogP contribution in [0.15, 0.2) is 39.6 Å². The van der Waals surface area contributed by atoms with E-state index in [1.54, 1.807) is 10.6 Å². The van der Waals surface area contributed by atoms with Gasteiger partial charge in [0, 0.05) is 49.5 Å². The molecule has 2 aromatic heterocycles. The van der Waals surface area contributed by atoms with Gasteiger partial charge in [-0.05, 0) is 67.2 Å². The molecule has 1 aliphatic heterocycles. The zero-order valence-corrected chi connectivity index (χ0v) is 18.5. The molecule has 0 amide bonds. The van der Waals surface area contributed by atoms with Gasteiger partial charge in [-0.1, -0.05) is 0 Å². The summed E-state index contributed by atoms with van der Waals surface area (Å²) in [5, 5.41) is 4.15. The van der Waals surface area contributed by atoms with Gasteiger partial charge in [0.2, 0.25) is 5.95 Å². The normalized spacial score (nSPS) is 15.1. The number of fused-ring (bicyclic) bond motifs is 1. The second-order valence-electron chi connectivity index (χ2n) is 7.37. The van der Waals surface area contributed by atoms with E-state index in [2.05, 4.69) is 60.2 Å². The Morgan fingerprint density at radius 1 is 1.10 bits per heavy atom. The largest absolute Gasteiger partial charge is 0.369 e. The Hall–Kier alpha value is -2.45. The van der Waals surface area contributed by atoms with Crippen LogP contribution < -0.4 is 15.8 Å². The third-order valence-corrected chi connectivity index (χ3v) is 5.97. The molecule has 3 aromatic rings. The summed E-state index contributed by atoms with van der Waals surface area (Å²) < 4.78 is 2.19. The van der Waals surface area contributed by atoms with Gasteiger partial charge >= 0.3 is 0 Å². The Kier molecular flexibility index (Phi) is 5.56. The molecule has 0 saturated carbocycles. The number of piperazine rings is 1. The number of likely N-dealkylation sites (N-methyl/N-ethyl adjacent to an activating group) is 1. The van der Waals surface area contributed by atoms with Crippen molar-refractivity contribution in [3.05, 3.63) is 50.9 Å². The van der Waals surface area contributed by atoms with Gasteiger partial charge in [-0.25, -0.2) is 4.98 Å². The number of aromatic nitrogens is 3. The zero-order chi connectivity index (χ0) is 20.5. The first-order valence-electron chi connectivity index (χ1n) is 9.84. The van der Waals surface area contributed by atoms with Crippen LogP contribution in [0.4, 0.5) is 17.3 Å². The van der Waals surface area contributed by atoms with E-state index in [9.17, 15) is 4.79 Å². The summed E-state index contributed by atoms with van der Waals surface area (Å²) in [6.45, 7) is 8.67. The van der Waals surface area contributed by atoms with Gasteiger partial charge in [0.15, 0.2) is 0 Å². The number of pyridine rings is 1. The van der Waals surface area contributed by atoms with Crippen molar-refractivity contribution in [2.75, 3.05) is 43.4 Å². The van der Waals surface area contributed by atoms with Crippen molar-refractivity contribution in [1.82, 2.24) is 19.4 Å². The molecule has 8 heteroatoms. The fourth-order valence-electron chi connectivity index (χ4n) is 3.65. The van der Waals surface area contributed by atoms with Crippen LogP contribution in [0, 0.1) is 6.92 Å². The first kappa shape index (κ1) is 19.8. The molecule has 0 unspecified atom stereocenters. The van der Waals surface area contributed by atoms with Crippen LogP contribution in [0.2, 0.25) is 0 Å². The zero-order valence-electron chi connectivity index (χ0n) is 16.9. The molecule has 0 spiro atoms. The minimum Gasteiger partial charge on any atom is -0.369 e. The first-order chi connectivity index (χ1) is 14.0. The smallest absolute Gasteiger partial charge is 0.266 e. The second kappa shape index (κ2) is 8.12. The van der Waals surface area contributed by atoms with Crippen LogP contribution in [-0.2, 0) is 6.54 Å². The molecule has 1 aliphatic rings. The second-order valence-corrected chi connectivity index (χ2v) is 8.23. The van der Waals surface area contributed by atoms with Gasteiger partial charge in [-0.2, -0.15) is 4.98 Å². The summed E-state index contributed by atoms with van der Waals surface area (Å²) in [6, 6.07) is 10.1. The molecule has 0 bridgehead atoms. The predicted octanol–water partition coefficient (Wildman–Crippen LogP) is 3.38. The molecule has 1 saturated heterocycles. The highest BCUT2D eigenvalue weighted by atomic mass is 79.9. The number of benzene rings is 1. The van der Waals surface area contributed by atoms with E-state index >= 15 is 0 Å². The fourth-order valence-corrected chi connectivity index (χ4v) is 4.10. The molecule has 1 fully saturated rings. The molecule has 1 N–H and O–H groups in total. The number of hydrogen-bond acceptors (Lipinski definition) is 6. The number of nitrogens with zero attached hydrogens (tertiary/aromatic N) is 5. The predicted molar refractivity (Wildman–Crippen MR) is 121 cm³/mol. The number of anilines is 3. The number of rotatable bonds is 4. The van der Waals surface area contributed by atoms with Crippen LogP contribution in [0.1, 0.15) is 12.6 Å². The third-order valence-electron chi connectivity index (χ3n) is 5.40. The average Bonchev–Trinajstić information content (AvgIpc) is 2.71. The maximum absolute atomic E-state index is 12.4. The van der Waals surface area contributed by atoms with E-state index in [4.69, 9.17) is 0 Å².